The van der Waals surface area contributed by atoms with Gasteiger partial charge >= 0.3 is 0 Å². The maximum absolute atomic E-state index is 11.6. The molecule has 0 radical (unpaired) electrons. The van der Waals surface area contributed by atoms with Crippen LogP contribution in [-0.2, 0) is 0 Å². The van der Waals surface area contributed by atoms with Gasteiger partial charge in [-0.1, -0.05) is 18.2 Å². The molecule has 0 spiro atoms. The summed E-state index contributed by atoms with van der Waals surface area (Å²) >= 11 is 0. The average Bonchev–Trinajstić information content (AvgIpc) is 2.53. The number of nitrogens with one attached hydrogen (secondary N) is 2. The van der Waals surface area contributed by atoms with Crippen molar-refractivity contribution in [3.05, 3.63) is 54.1 Å². The highest BCUT2D eigenvalue weighted by Gasteiger charge is 2.06. The molecule has 0 saturated carbocycles. The summed E-state index contributed by atoms with van der Waals surface area (Å²) in [5, 5.41) is 5.76. The number of hydrogen-bond acceptors (Lipinski definition) is 4. The van der Waals surface area contributed by atoms with Gasteiger partial charge in [0.1, 0.15) is 12.4 Å². The monoisotopic (exact) mass is 285 g/mol. The van der Waals surface area contributed by atoms with E-state index in [4.69, 9.17) is 10.5 Å². The highest BCUT2D eigenvalue weighted by molar-refractivity contribution is 5.96. The van der Waals surface area contributed by atoms with Crippen molar-refractivity contribution >= 4 is 17.3 Å². The third-order valence-corrected chi connectivity index (χ3v) is 2.97. The minimum atomic E-state index is -0.140. The number of rotatable bonds is 6. The number of para-hydroxylation sites is 1. The van der Waals surface area contributed by atoms with Gasteiger partial charge in [-0.25, -0.2) is 0 Å². The molecule has 0 unspecified atom stereocenters. The maximum Gasteiger partial charge on any atom is 0.251 e. The van der Waals surface area contributed by atoms with E-state index in [-0.39, 0.29) is 5.91 Å². The van der Waals surface area contributed by atoms with E-state index < -0.39 is 0 Å². The number of carbonyl (C=O) groups is 1. The van der Waals surface area contributed by atoms with Crippen molar-refractivity contribution in [2.75, 3.05) is 31.2 Å². The van der Waals surface area contributed by atoms with Crippen LogP contribution in [0, 0.1) is 0 Å². The summed E-state index contributed by atoms with van der Waals surface area (Å²) in [6, 6.07) is 14.7. The Bertz CT molecular complexity index is 600. The van der Waals surface area contributed by atoms with Gasteiger partial charge in [-0.05, 0) is 30.3 Å². The minimum Gasteiger partial charge on any atom is -0.492 e. The van der Waals surface area contributed by atoms with E-state index in [1.807, 2.05) is 30.3 Å². The summed E-state index contributed by atoms with van der Waals surface area (Å²) in [5.41, 5.74) is 7.79. The smallest absolute Gasteiger partial charge is 0.251 e. The van der Waals surface area contributed by atoms with Crippen molar-refractivity contribution in [3.63, 3.8) is 0 Å². The standard InChI is InChI=1S/C16H19N3O2/c1-18-16(20)12-7-8-14(17)15(11-12)19-9-10-21-13-5-3-2-4-6-13/h2-8,11,19H,9-10,17H2,1H3,(H,18,20). The molecule has 2 aromatic carbocycles. The lowest BCUT2D eigenvalue weighted by Gasteiger charge is -2.11. The Morgan fingerprint density at radius 3 is 2.67 bits per heavy atom. The molecule has 4 N–H and O–H groups in total. The van der Waals surface area contributed by atoms with Crippen LogP contribution in [0.1, 0.15) is 10.4 Å². The molecule has 0 aliphatic heterocycles. The minimum absolute atomic E-state index is 0.140. The molecule has 5 nitrogen and oxygen atoms in total. The molecular formula is C16H19N3O2. The number of anilines is 2. The number of ether oxygens (including phenoxy) is 1. The van der Waals surface area contributed by atoms with Gasteiger partial charge in [-0.3, -0.25) is 4.79 Å². The van der Waals surface area contributed by atoms with Gasteiger partial charge in [-0.2, -0.15) is 0 Å². The zero-order chi connectivity index (χ0) is 15.1. The van der Waals surface area contributed by atoms with Gasteiger partial charge in [0.25, 0.3) is 5.91 Å². The van der Waals surface area contributed by atoms with Gasteiger partial charge in [0, 0.05) is 19.2 Å². The Morgan fingerprint density at radius 2 is 1.95 bits per heavy atom. The largest absolute Gasteiger partial charge is 0.492 e. The van der Waals surface area contributed by atoms with Gasteiger partial charge in [0.05, 0.1) is 11.4 Å². The second-order valence-corrected chi connectivity index (χ2v) is 4.47. The van der Waals surface area contributed by atoms with E-state index in [9.17, 15) is 4.79 Å². The van der Waals surface area contributed by atoms with Crippen LogP contribution in [0.15, 0.2) is 48.5 Å². The lowest BCUT2D eigenvalue weighted by molar-refractivity contribution is 0.0963. The molecular weight excluding hydrogens is 266 g/mol. The fourth-order valence-electron chi connectivity index (χ4n) is 1.87. The first kappa shape index (κ1) is 14.7. The molecule has 110 valence electrons. The molecule has 0 aliphatic rings. The van der Waals surface area contributed by atoms with E-state index >= 15 is 0 Å². The Morgan fingerprint density at radius 1 is 1.19 bits per heavy atom. The van der Waals surface area contributed by atoms with Crippen LogP contribution in [0.2, 0.25) is 0 Å². The van der Waals surface area contributed by atoms with Crippen molar-refractivity contribution < 1.29 is 9.53 Å². The van der Waals surface area contributed by atoms with Gasteiger partial charge < -0.3 is 21.1 Å². The lowest BCUT2D eigenvalue weighted by atomic mass is 10.1. The van der Waals surface area contributed by atoms with Gasteiger partial charge in [0.15, 0.2) is 0 Å². The molecule has 1 amide bonds. The first-order valence-electron chi connectivity index (χ1n) is 6.74. The van der Waals surface area contributed by atoms with Crippen LogP contribution >= 0.6 is 0 Å². The molecule has 0 heterocycles. The second kappa shape index (κ2) is 7.19. The number of nitrogens with two attached hydrogens (primary N) is 1. The summed E-state index contributed by atoms with van der Waals surface area (Å²) in [4.78, 5) is 11.6. The quantitative estimate of drug-likeness (QED) is 0.561. The maximum atomic E-state index is 11.6. The van der Waals surface area contributed by atoms with Crippen molar-refractivity contribution in [2.24, 2.45) is 0 Å². The molecule has 0 saturated heterocycles. The molecule has 5 heteroatoms. The normalized spacial score (nSPS) is 9.95. The molecule has 0 aliphatic carbocycles. The van der Waals surface area contributed by atoms with E-state index in [0.717, 1.165) is 11.4 Å². The number of carbonyl (C=O) groups excluding carboxylic acids is 1. The average molecular weight is 285 g/mol. The SMILES string of the molecule is CNC(=O)c1ccc(N)c(NCCOc2ccccc2)c1. The molecule has 2 rings (SSSR count). The number of hydrogen-bond donors (Lipinski definition) is 3. The molecule has 0 fully saturated rings. The van der Waals surface area contributed by atoms with Crippen molar-refractivity contribution in [2.45, 2.75) is 0 Å². The molecule has 0 bridgehead atoms. The topological polar surface area (TPSA) is 76.4 Å². The first-order chi connectivity index (χ1) is 10.2. The highest BCUT2D eigenvalue weighted by atomic mass is 16.5. The van der Waals surface area contributed by atoms with Crippen LogP contribution in [0.3, 0.4) is 0 Å². The highest BCUT2D eigenvalue weighted by Crippen LogP contribution is 2.19. The third kappa shape index (κ3) is 4.14. The van der Waals surface area contributed by atoms with Crippen molar-refractivity contribution in [1.29, 1.82) is 0 Å². The Hall–Kier alpha value is -2.69. The fraction of sp³-hybridized carbons (Fsp3) is 0.188. The number of nitrogen functional groups attached to an aromatic ring is 1. The Kier molecular flexibility index (Phi) is 5.04. The summed E-state index contributed by atoms with van der Waals surface area (Å²) in [6.45, 7) is 1.10. The van der Waals surface area contributed by atoms with Crippen LogP contribution in [0.25, 0.3) is 0 Å². The Labute approximate surface area is 124 Å². The van der Waals surface area contributed by atoms with E-state index in [0.29, 0.717) is 24.4 Å². The fourth-order valence-corrected chi connectivity index (χ4v) is 1.87. The summed E-state index contributed by atoms with van der Waals surface area (Å²) in [5.74, 6) is 0.685. The molecule has 0 aromatic heterocycles. The molecule has 21 heavy (non-hydrogen) atoms. The van der Waals surface area contributed by atoms with Gasteiger partial charge in [0.2, 0.25) is 0 Å². The second-order valence-electron chi connectivity index (χ2n) is 4.47. The Balaban J connectivity index is 1.89. The predicted molar refractivity (Wildman–Crippen MR) is 84.7 cm³/mol. The number of amides is 1. The lowest BCUT2D eigenvalue weighted by Crippen LogP contribution is -2.18. The van der Waals surface area contributed by atoms with Crippen LogP contribution in [0.5, 0.6) is 5.75 Å². The van der Waals surface area contributed by atoms with E-state index in [1.54, 1.807) is 25.2 Å². The van der Waals surface area contributed by atoms with Crippen LogP contribution < -0.4 is 21.1 Å². The van der Waals surface area contributed by atoms with Gasteiger partial charge in [-0.15, -0.1) is 0 Å². The number of benzene rings is 2. The molecule has 0 atom stereocenters. The third-order valence-electron chi connectivity index (χ3n) is 2.97. The van der Waals surface area contributed by atoms with E-state index in [2.05, 4.69) is 10.6 Å². The zero-order valence-corrected chi connectivity index (χ0v) is 11.9. The van der Waals surface area contributed by atoms with Crippen LogP contribution in [0.4, 0.5) is 11.4 Å². The molecule has 2 aromatic rings. The van der Waals surface area contributed by atoms with E-state index in [1.165, 1.54) is 0 Å². The van der Waals surface area contributed by atoms with Crippen molar-refractivity contribution in [1.82, 2.24) is 5.32 Å². The predicted octanol–water partition coefficient (Wildman–Crippen LogP) is 2.12. The zero-order valence-electron chi connectivity index (χ0n) is 11.9. The van der Waals surface area contributed by atoms with Crippen LogP contribution in [-0.4, -0.2) is 26.1 Å². The summed E-state index contributed by atoms with van der Waals surface area (Å²) in [6.07, 6.45) is 0. The summed E-state index contributed by atoms with van der Waals surface area (Å²) in [7, 11) is 1.60. The first-order valence-corrected chi connectivity index (χ1v) is 6.74. The summed E-state index contributed by atoms with van der Waals surface area (Å²) < 4.78 is 5.58. The van der Waals surface area contributed by atoms with Crippen molar-refractivity contribution in [3.8, 4) is 5.75 Å².